The predicted octanol–water partition coefficient (Wildman–Crippen LogP) is 7.12. The summed E-state index contributed by atoms with van der Waals surface area (Å²) in [4.78, 5) is 2.16. The van der Waals surface area contributed by atoms with E-state index in [9.17, 15) is 10.2 Å². The second kappa shape index (κ2) is 11.3. The Morgan fingerprint density at radius 3 is 1.88 bits per heavy atom. The fourth-order valence-corrected chi connectivity index (χ4v) is 5.16. The third-order valence-corrected chi connectivity index (χ3v) is 7.13. The fourth-order valence-electron chi connectivity index (χ4n) is 5.16. The van der Waals surface area contributed by atoms with Crippen LogP contribution in [0.5, 0.6) is 11.5 Å². The van der Waals surface area contributed by atoms with Gasteiger partial charge in [-0.1, -0.05) is 48.5 Å². The van der Waals surface area contributed by atoms with Crippen molar-refractivity contribution in [1.29, 1.82) is 0 Å². The van der Waals surface area contributed by atoms with Crippen molar-refractivity contribution in [3.63, 3.8) is 0 Å². The van der Waals surface area contributed by atoms with Crippen LogP contribution >= 0.6 is 0 Å². The molecular weight excluding hydrogens is 518 g/mol. The first kappa shape index (κ1) is 26.3. The van der Waals surface area contributed by atoms with Crippen LogP contribution in [0.4, 0.5) is 17.1 Å². The molecule has 6 aromatic rings. The molecule has 6 rings (SSSR count). The second-order valence-electron chi connectivity index (χ2n) is 9.82. The smallest absolute Gasteiger partial charge is 0.164 e. The Morgan fingerprint density at radius 1 is 0.707 bits per heavy atom. The summed E-state index contributed by atoms with van der Waals surface area (Å²) in [6.45, 7) is -0.506. The molecule has 0 spiro atoms. The van der Waals surface area contributed by atoms with Crippen molar-refractivity contribution in [2.45, 2.75) is 6.10 Å². The zero-order valence-electron chi connectivity index (χ0n) is 22.1. The normalized spacial score (nSPS) is 12.7. The van der Waals surface area contributed by atoms with Gasteiger partial charge in [0.25, 0.3) is 0 Å². The van der Waals surface area contributed by atoms with E-state index in [1.807, 2.05) is 48.5 Å². The summed E-state index contributed by atoms with van der Waals surface area (Å²) in [5, 5.41) is 44.3. The molecule has 0 aromatic heterocycles. The molecule has 0 aliphatic rings. The van der Waals surface area contributed by atoms with Crippen LogP contribution in [0.15, 0.2) is 115 Å². The zero-order chi connectivity index (χ0) is 28.3. The van der Waals surface area contributed by atoms with E-state index in [0.29, 0.717) is 17.8 Å². The molecule has 0 heterocycles. The summed E-state index contributed by atoms with van der Waals surface area (Å²) in [5.74, 6) is 0.860. The number of ether oxygens (including phenoxy) is 2. The standard InChI is InChI=1S/C34H29NO6/c36-18-27(38)20-40-29-12-8-25(9-13-29)35(26-10-14-30(15-11-26)41-21-28(39)19-37)32-17-7-24-5-4-22-2-1-3-23-6-16-31(32)34(24)33(22)23/h1-18,28,36-39H,19-21H2/b27-18+. The van der Waals surface area contributed by atoms with Gasteiger partial charge in [-0.05, 0) is 81.5 Å². The van der Waals surface area contributed by atoms with Crippen LogP contribution in [0.3, 0.4) is 0 Å². The van der Waals surface area contributed by atoms with Gasteiger partial charge in [-0.2, -0.15) is 0 Å². The highest BCUT2D eigenvalue weighted by Crippen LogP contribution is 2.44. The Hall–Kier alpha value is -4.98. The maximum atomic E-state index is 9.66. The van der Waals surface area contributed by atoms with Crippen molar-refractivity contribution in [1.82, 2.24) is 0 Å². The lowest BCUT2D eigenvalue weighted by Gasteiger charge is -2.28. The minimum absolute atomic E-state index is 0.00290. The van der Waals surface area contributed by atoms with Gasteiger partial charge in [0.15, 0.2) is 5.76 Å². The average molecular weight is 548 g/mol. The van der Waals surface area contributed by atoms with Crippen molar-refractivity contribution in [3.05, 3.63) is 115 Å². The van der Waals surface area contributed by atoms with E-state index in [4.69, 9.17) is 19.7 Å². The predicted molar refractivity (Wildman–Crippen MR) is 162 cm³/mol. The summed E-state index contributed by atoms with van der Waals surface area (Å²) in [5.41, 5.74) is 2.78. The molecule has 6 aromatic carbocycles. The first-order valence-electron chi connectivity index (χ1n) is 13.3. The molecule has 0 bridgehead atoms. The molecule has 0 amide bonds. The molecule has 1 unspecified atom stereocenters. The summed E-state index contributed by atoms with van der Waals surface area (Å²) < 4.78 is 11.2. The van der Waals surface area contributed by atoms with Crippen LogP contribution in [0.25, 0.3) is 32.3 Å². The number of nitrogens with zero attached hydrogens (tertiary/aromatic N) is 1. The highest BCUT2D eigenvalue weighted by Gasteiger charge is 2.18. The molecule has 7 heteroatoms. The van der Waals surface area contributed by atoms with E-state index in [1.165, 1.54) is 26.9 Å². The van der Waals surface area contributed by atoms with Crippen LogP contribution in [0.2, 0.25) is 0 Å². The Kier molecular flexibility index (Phi) is 7.20. The van der Waals surface area contributed by atoms with E-state index in [0.717, 1.165) is 22.4 Å². The third-order valence-electron chi connectivity index (χ3n) is 7.13. The number of anilines is 3. The first-order valence-corrected chi connectivity index (χ1v) is 13.3. The maximum absolute atomic E-state index is 9.66. The number of hydrogen-bond acceptors (Lipinski definition) is 7. The van der Waals surface area contributed by atoms with Crippen LogP contribution in [0.1, 0.15) is 0 Å². The van der Waals surface area contributed by atoms with Crippen molar-refractivity contribution in [3.8, 4) is 11.5 Å². The monoisotopic (exact) mass is 547 g/mol. The Balaban J connectivity index is 1.46. The van der Waals surface area contributed by atoms with Gasteiger partial charge in [0.05, 0.1) is 12.3 Å². The van der Waals surface area contributed by atoms with E-state index in [1.54, 1.807) is 0 Å². The number of aliphatic hydroxyl groups is 4. The lowest BCUT2D eigenvalue weighted by Crippen LogP contribution is -2.21. The molecule has 7 nitrogen and oxygen atoms in total. The summed E-state index contributed by atoms with van der Waals surface area (Å²) >= 11 is 0. The number of rotatable bonds is 10. The van der Waals surface area contributed by atoms with Gasteiger partial charge in [-0.25, -0.2) is 0 Å². The van der Waals surface area contributed by atoms with Gasteiger partial charge in [0.2, 0.25) is 0 Å². The lowest BCUT2D eigenvalue weighted by atomic mass is 9.93. The van der Waals surface area contributed by atoms with Gasteiger partial charge in [-0.15, -0.1) is 0 Å². The molecule has 41 heavy (non-hydrogen) atoms. The van der Waals surface area contributed by atoms with Gasteiger partial charge in [-0.3, -0.25) is 0 Å². The molecule has 1 atom stereocenters. The van der Waals surface area contributed by atoms with E-state index in [-0.39, 0.29) is 25.6 Å². The van der Waals surface area contributed by atoms with E-state index >= 15 is 0 Å². The summed E-state index contributed by atoms with van der Waals surface area (Å²) in [7, 11) is 0. The SMILES string of the molecule is O/C=C(/O)COc1ccc(N(c2ccc(OCC(O)CO)cc2)c2ccc3ccc4cccc5ccc2c3c45)cc1. The van der Waals surface area contributed by atoms with Crippen molar-refractivity contribution in [2.75, 3.05) is 24.7 Å². The molecule has 4 N–H and O–H groups in total. The zero-order valence-corrected chi connectivity index (χ0v) is 22.1. The van der Waals surface area contributed by atoms with Crippen LogP contribution < -0.4 is 14.4 Å². The Bertz CT molecular complexity index is 1800. The van der Waals surface area contributed by atoms with Gasteiger partial charge in [0.1, 0.15) is 37.1 Å². The summed E-state index contributed by atoms with van der Waals surface area (Å²) in [6, 6.07) is 34.4. The van der Waals surface area contributed by atoms with E-state index in [2.05, 4.69) is 59.5 Å². The number of hydrogen-bond donors (Lipinski definition) is 4. The Morgan fingerprint density at radius 2 is 1.27 bits per heavy atom. The molecule has 206 valence electrons. The molecule has 0 saturated heterocycles. The van der Waals surface area contributed by atoms with Gasteiger partial charge >= 0.3 is 0 Å². The highest BCUT2D eigenvalue weighted by molar-refractivity contribution is 6.25. The lowest BCUT2D eigenvalue weighted by molar-refractivity contribution is 0.0536. The number of benzene rings is 6. The third kappa shape index (κ3) is 5.16. The van der Waals surface area contributed by atoms with E-state index < -0.39 is 6.10 Å². The van der Waals surface area contributed by atoms with Crippen LogP contribution in [-0.4, -0.2) is 46.4 Å². The molecule has 0 radical (unpaired) electrons. The highest BCUT2D eigenvalue weighted by atomic mass is 16.5. The topological polar surface area (TPSA) is 103 Å². The maximum Gasteiger partial charge on any atom is 0.164 e. The van der Waals surface area contributed by atoms with Crippen molar-refractivity contribution < 1.29 is 29.9 Å². The number of aliphatic hydroxyl groups excluding tert-OH is 4. The van der Waals surface area contributed by atoms with Gasteiger partial charge in [0, 0.05) is 16.8 Å². The largest absolute Gasteiger partial charge is 0.512 e. The second-order valence-corrected chi connectivity index (χ2v) is 9.82. The van der Waals surface area contributed by atoms with Gasteiger partial charge < -0.3 is 34.8 Å². The quantitative estimate of drug-likeness (QED) is 0.107. The van der Waals surface area contributed by atoms with Crippen molar-refractivity contribution in [2.24, 2.45) is 0 Å². The first-order chi connectivity index (χ1) is 20.1. The Labute approximate surface area is 236 Å². The fraction of sp³-hybridized carbons (Fsp3) is 0.118. The molecular formula is C34H29NO6. The molecule has 0 aliphatic carbocycles. The molecule has 0 aliphatic heterocycles. The summed E-state index contributed by atoms with van der Waals surface area (Å²) in [6.07, 6.45) is -0.332. The molecule has 0 saturated carbocycles. The van der Waals surface area contributed by atoms with Crippen molar-refractivity contribution >= 4 is 49.4 Å². The average Bonchev–Trinajstić information content (AvgIpc) is 3.03. The minimum atomic E-state index is -0.945. The van der Waals surface area contributed by atoms with Crippen LogP contribution in [0, 0.1) is 0 Å². The van der Waals surface area contributed by atoms with Crippen LogP contribution in [-0.2, 0) is 0 Å². The molecule has 0 fully saturated rings. The minimum Gasteiger partial charge on any atom is -0.512 e.